The van der Waals surface area contributed by atoms with Crippen molar-refractivity contribution in [3.8, 4) is 0 Å². The summed E-state index contributed by atoms with van der Waals surface area (Å²) in [6.45, 7) is 3.41. The van der Waals surface area contributed by atoms with Gasteiger partial charge in [0.2, 0.25) is 5.91 Å². The minimum atomic E-state index is -0.202. The van der Waals surface area contributed by atoms with Gasteiger partial charge in [0, 0.05) is 19.4 Å². The number of hydrogen-bond acceptors (Lipinski definition) is 1. The Morgan fingerprint density at radius 3 is 2.53 bits per heavy atom. The van der Waals surface area contributed by atoms with Crippen LogP contribution in [0.4, 0.5) is 5.69 Å². The summed E-state index contributed by atoms with van der Waals surface area (Å²) >= 11 is 0. The highest BCUT2D eigenvalue weighted by atomic mass is 16.2. The molecular weight excluding hydrogens is 186 g/mol. The highest BCUT2D eigenvalue weighted by Crippen LogP contribution is 2.25. The van der Waals surface area contributed by atoms with Gasteiger partial charge in [-0.05, 0) is 11.5 Å². The van der Waals surface area contributed by atoms with Crippen molar-refractivity contribution in [2.24, 2.45) is 0 Å². The smallest absolute Gasteiger partial charge is 0.227 e. The zero-order valence-electron chi connectivity index (χ0n) is 8.60. The van der Waals surface area contributed by atoms with Gasteiger partial charge in [-0.25, -0.2) is 0 Å². The molecule has 0 N–H and O–H groups in total. The molecule has 1 amide bonds. The fourth-order valence-electron chi connectivity index (χ4n) is 1.64. The van der Waals surface area contributed by atoms with E-state index in [0.29, 0.717) is 0 Å². The van der Waals surface area contributed by atoms with Crippen molar-refractivity contribution < 1.29 is 4.79 Å². The molecule has 0 atom stereocenters. The molecule has 15 heavy (non-hydrogen) atoms. The van der Waals surface area contributed by atoms with Gasteiger partial charge in [-0.2, -0.15) is 0 Å². The van der Waals surface area contributed by atoms with E-state index in [1.165, 1.54) is 0 Å². The van der Waals surface area contributed by atoms with E-state index in [-0.39, 0.29) is 5.91 Å². The van der Waals surface area contributed by atoms with E-state index >= 15 is 0 Å². The number of rotatable bonds is 1. The lowest BCUT2D eigenvalue weighted by atomic mass is 10.1. The van der Waals surface area contributed by atoms with Crippen LogP contribution in [0.5, 0.6) is 0 Å². The SMILES string of the molecule is [CH2]C(=O)N(C)c1cccc2ccccc12. The first-order valence-corrected chi connectivity index (χ1v) is 4.77. The lowest BCUT2D eigenvalue weighted by molar-refractivity contribution is -0.114. The van der Waals surface area contributed by atoms with Crippen LogP contribution in [0.25, 0.3) is 10.8 Å². The van der Waals surface area contributed by atoms with Crippen LogP contribution in [-0.4, -0.2) is 13.0 Å². The highest BCUT2D eigenvalue weighted by Gasteiger charge is 2.08. The van der Waals surface area contributed by atoms with Gasteiger partial charge in [0.15, 0.2) is 0 Å². The Kier molecular flexibility index (Phi) is 2.42. The predicted octanol–water partition coefficient (Wildman–Crippen LogP) is 2.64. The Bertz CT molecular complexity index is 499. The van der Waals surface area contributed by atoms with Gasteiger partial charge < -0.3 is 4.90 Å². The third-order valence-corrected chi connectivity index (χ3v) is 2.50. The van der Waals surface area contributed by atoms with Crippen molar-refractivity contribution in [3.63, 3.8) is 0 Å². The lowest BCUT2D eigenvalue weighted by Gasteiger charge is -2.17. The summed E-state index contributed by atoms with van der Waals surface area (Å²) in [6.07, 6.45) is 0. The third kappa shape index (κ3) is 1.71. The molecule has 0 saturated carbocycles. The molecule has 0 heterocycles. The monoisotopic (exact) mass is 198 g/mol. The molecule has 2 rings (SSSR count). The lowest BCUT2D eigenvalue weighted by Crippen LogP contribution is -2.23. The number of benzene rings is 2. The molecule has 0 unspecified atom stereocenters. The quantitative estimate of drug-likeness (QED) is 0.689. The van der Waals surface area contributed by atoms with E-state index in [0.717, 1.165) is 16.5 Å². The largest absolute Gasteiger partial charge is 0.315 e. The van der Waals surface area contributed by atoms with E-state index in [2.05, 4.69) is 6.92 Å². The van der Waals surface area contributed by atoms with Crippen molar-refractivity contribution in [2.75, 3.05) is 11.9 Å². The molecule has 0 aliphatic carbocycles. The fourth-order valence-corrected chi connectivity index (χ4v) is 1.64. The van der Waals surface area contributed by atoms with Crippen molar-refractivity contribution in [1.82, 2.24) is 0 Å². The number of carbonyl (C=O) groups is 1. The van der Waals surface area contributed by atoms with E-state index in [4.69, 9.17) is 0 Å². The van der Waals surface area contributed by atoms with Gasteiger partial charge in [-0.1, -0.05) is 36.4 Å². The Balaban J connectivity index is 2.65. The van der Waals surface area contributed by atoms with Crippen LogP contribution in [0.3, 0.4) is 0 Å². The zero-order valence-corrected chi connectivity index (χ0v) is 8.60. The number of amides is 1. The van der Waals surface area contributed by atoms with E-state index < -0.39 is 0 Å². The van der Waals surface area contributed by atoms with Gasteiger partial charge in [0.1, 0.15) is 0 Å². The summed E-state index contributed by atoms with van der Waals surface area (Å²) in [4.78, 5) is 12.8. The zero-order chi connectivity index (χ0) is 10.8. The standard InChI is InChI=1S/C13H12NO/c1-10(15)14(2)13-9-5-7-11-6-3-4-8-12(11)13/h3-9H,1H2,2H3. The molecule has 75 valence electrons. The summed E-state index contributed by atoms with van der Waals surface area (Å²) in [7, 11) is 1.73. The average molecular weight is 198 g/mol. The topological polar surface area (TPSA) is 20.3 Å². The minimum absolute atomic E-state index is 0.202. The molecule has 0 aromatic heterocycles. The molecule has 0 fully saturated rings. The molecule has 0 aliphatic heterocycles. The number of nitrogens with zero attached hydrogens (tertiary/aromatic N) is 1. The Hall–Kier alpha value is -1.83. The molecule has 2 aromatic carbocycles. The third-order valence-electron chi connectivity index (χ3n) is 2.50. The molecule has 1 radical (unpaired) electrons. The predicted molar refractivity (Wildman–Crippen MR) is 62.7 cm³/mol. The van der Waals surface area contributed by atoms with E-state index in [1.54, 1.807) is 11.9 Å². The maximum Gasteiger partial charge on any atom is 0.227 e. The normalized spacial score (nSPS) is 10.3. The van der Waals surface area contributed by atoms with Crippen molar-refractivity contribution >= 4 is 22.4 Å². The Morgan fingerprint density at radius 2 is 1.80 bits per heavy atom. The second kappa shape index (κ2) is 3.73. The number of fused-ring (bicyclic) bond motifs is 1. The van der Waals surface area contributed by atoms with Gasteiger partial charge >= 0.3 is 0 Å². The molecular formula is C13H12NO. The van der Waals surface area contributed by atoms with Gasteiger partial charge in [0.25, 0.3) is 0 Å². The number of carbonyl (C=O) groups excluding carboxylic acids is 1. The first-order valence-electron chi connectivity index (χ1n) is 4.77. The first kappa shape index (κ1) is 9.71. The van der Waals surface area contributed by atoms with Gasteiger partial charge in [-0.15, -0.1) is 0 Å². The van der Waals surface area contributed by atoms with Crippen molar-refractivity contribution in [2.45, 2.75) is 0 Å². The Morgan fingerprint density at radius 1 is 1.13 bits per heavy atom. The van der Waals surface area contributed by atoms with Crippen LogP contribution in [0.15, 0.2) is 42.5 Å². The molecule has 2 aromatic rings. The fraction of sp³-hybridized carbons (Fsp3) is 0.0769. The second-order valence-electron chi connectivity index (χ2n) is 3.45. The van der Waals surface area contributed by atoms with Crippen LogP contribution in [-0.2, 0) is 4.79 Å². The van der Waals surface area contributed by atoms with Crippen LogP contribution in [0, 0.1) is 6.92 Å². The van der Waals surface area contributed by atoms with Crippen LogP contribution in [0.2, 0.25) is 0 Å². The average Bonchev–Trinajstić information content (AvgIpc) is 2.27. The molecule has 0 aliphatic rings. The molecule has 0 saturated heterocycles. The maximum absolute atomic E-state index is 11.2. The minimum Gasteiger partial charge on any atom is -0.315 e. The summed E-state index contributed by atoms with van der Waals surface area (Å²) < 4.78 is 0. The van der Waals surface area contributed by atoms with Crippen LogP contribution < -0.4 is 4.90 Å². The highest BCUT2D eigenvalue weighted by molar-refractivity contribution is 6.04. The molecule has 2 nitrogen and oxygen atoms in total. The molecule has 0 spiro atoms. The van der Waals surface area contributed by atoms with Crippen LogP contribution in [0.1, 0.15) is 0 Å². The summed E-state index contributed by atoms with van der Waals surface area (Å²) in [5.41, 5.74) is 0.896. The Labute approximate surface area is 89.1 Å². The van der Waals surface area contributed by atoms with Gasteiger partial charge in [-0.3, -0.25) is 4.79 Å². The molecule has 2 heteroatoms. The van der Waals surface area contributed by atoms with Crippen molar-refractivity contribution in [1.29, 1.82) is 0 Å². The molecule has 0 bridgehead atoms. The van der Waals surface area contributed by atoms with Crippen LogP contribution >= 0.6 is 0 Å². The van der Waals surface area contributed by atoms with Crippen molar-refractivity contribution in [3.05, 3.63) is 49.4 Å². The first-order chi connectivity index (χ1) is 7.20. The number of hydrogen-bond donors (Lipinski definition) is 0. The second-order valence-corrected chi connectivity index (χ2v) is 3.45. The van der Waals surface area contributed by atoms with E-state index in [9.17, 15) is 4.79 Å². The summed E-state index contributed by atoms with van der Waals surface area (Å²) in [6, 6.07) is 13.9. The maximum atomic E-state index is 11.2. The van der Waals surface area contributed by atoms with Gasteiger partial charge in [0.05, 0.1) is 5.69 Å². The summed E-state index contributed by atoms with van der Waals surface area (Å²) in [5, 5.41) is 2.20. The number of anilines is 1. The van der Waals surface area contributed by atoms with E-state index in [1.807, 2.05) is 42.5 Å². The summed E-state index contributed by atoms with van der Waals surface area (Å²) in [5.74, 6) is -0.202.